The summed E-state index contributed by atoms with van der Waals surface area (Å²) in [5.41, 5.74) is 2.88. The molecule has 0 aromatic heterocycles. The fraction of sp³-hybridized carbons (Fsp3) is 0. The molecule has 0 aliphatic rings. The van der Waals surface area contributed by atoms with Gasteiger partial charge < -0.3 is 0 Å². The lowest BCUT2D eigenvalue weighted by Crippen LogP contribution is -2.17. The first-order valence-corrected chi connectivity index (χ1v) is 5.90. The van der Waals surface area contributed by atoms with Gasteiger partial charge in [-0.15, -0.1) is 0 Å². The molecular weight excluding hydrogens is 277 g/mol. The average Bonchev–Trinajstić information content (AvgIpc) is 2.47. The number of benzene rings is 2. The van der Waals surface area contributed by atoms with Crippen LogP contribution in [0.1, 0.15) is 15.9 Å². The number of nitrogens with one attached hydrogen (secondary N) is 1. The minimum atomic E-state index is -0.552. The van der Waals surface area contributed by atoms with Crippen LogP contribution in [0.4, 0.5) is 10.1 Å². The number of carbonyl (C=O) groups excluding carboxylic acids is 1. The second kappa shape index (κ2) is 6.38. The van der Waals surface area contributed by atoms with Crippen molar-refractivity contribution in [2.75, 3.05) is 0 Å². The summed E-state index contributed by atoms with van der Waals surface area (Å²) >= 11 is 0. The average molecular weight is 287 g/mol. The quantitative estimate of drug-likeness (QED) is 0.532. The third-order valence-corrected chi connectivity index (χ3v) is 2.57. The molecule has 2 rings (SSSR count). The number of rotatable bonds is 4. The standard InChI is InChI=1S/C14H10FN3O3/c15-12-3-1-2-10(8-12)9-16-17-14(19)11-4-6-13(7-5-11)18(20)21/h1-9H,(H,17,19). The number of hydrogen-bond donors (Lipinski definition) is 1. The Labute approximate surface area is 119 Å². The van der Waals surface area contributed by atoms with Crippen LogP contribution in [0, 0.1) is 15.9 Å². The van der Waals surface area contributed by atoms with Gasteiger partial charge in [0.05, 0.1) is 11.1 Å². The Kier molecular flexibility index (Phi) is 4.35. The molecule has 0 aliphatic carbocycles. The van der Waals surface area contributed by atoms with Gasteiger partial charge in [0.1, 0.15) is 5.82 Å². The lowest BCUT2D eigenvalue weighted by atomic mass is 10.2. The number of nitrogens with zero attached hydrogens (tertiary/aromatic N) is 2. The van der Waals surface area contributed by atoms with Crippen molar-refractivity contribution < 1.29 is 14.1 Å². The smallest absolute Gasteiger partial charge is 0.267 e. The molecule has 21 heavy (non-hydrogen) atoms. The minimum absolute atomic E-state index is 0.102. The van der Waals surface area contributed by atoms with Crippen molar-refractivity contribution in [2.24, 2.45) is 5.10 Å². The second-order valence-electron chi connectivity index (χ2n) is 4.06. The van der Waals surface area contributed by atoms with Gasteiger partial charge in [0.15, 0.2) is 0 Å². The van der Waals surface area contributed by atoms with Crippen LogP contribution in [0.25, 0.3) is 0 Å². The van der Waals surface area contributed by atoms with Crippen molar-refractivity contribution in [3.05, 3.63) is 75.6 Å². The van der Waals surface area contributed by atoms with Gasteiger partial charge in [-0.25, -0.2) is 9.82 Å². The van der Waals surface area contributed by atoms with Gasteiger partial charge in [-0.2, -0.15) is 5.10 Å². The van der Waals surface area contributed by atoms with Gasteiger partial charge in [-0.3, -0.25) is 14.9 Å². The van der Waals surface area contributed by atoms with E-state index in [0.717, 1.165) is 0 Å². The molecule has 0 atom stereocenters. The normalized spacial score (nSPS) is 10.5. The zero-order valence-corrected chi connectivity index (χ0v) is 10.7. The molecule has 0 heterocycles. The van der Waals surface area contributed by atoms with E-state index < -0.39 is 16.6 Å². The van der Waals surface area contributed by atoms with E-state index in [2.05, 4.69) is 10.5 Å². The number of nitro groups is 1. The predicted octanol–water partition coefficient (Wildman–Crippen LogP) is 2.50. The van der Waals surface area contributed by atoms with E-state index in [1.165, 1.54) is 48.7 Å². The van der Waals surface area contributed by atoms with E-state index in [1.807, 2.05) is 0 Å². The van der Waals surface area contributed by atoms with Crippen LogP contribution in [0.2, 0.25) is 0 Å². The van der Waals surface area contributed by atoms with Crippen molar-refractivity contribution in [3.63, 3.8) is 0 Å². The lowest BCUT2D eigenvalue weighted by Gasteiger charge is -1.99. The Morgan fingerprint density at radius 1 is 1.24 bits per heavy atom. The SMILES string of the molecule is O=C(NN=Cc1cccc(F)c1)c1ccc([N+](=O)[O-])cc1. The molecule has 0 fully saturated rings. The van der Waals surface area contributed by atoms with E-state index in [-0.39, 0.29) is 11.3 Å². The maximum absolute atomic E-state index is 12.9. The molecule has 0 bridgehead atoms. The highest BCUT2D eigenvalue weighted by molar-refractivity contribution is 5.95. The van der Waals surface area contributed by atoms with E-state index in [9.17, 15) is 19.3 Å². The van der Waals surface area contributed by atoms with Crippen LogP contribution in [-0.2, 0) is 0 Å². The summed E-state index contributed by atoms with van der Waals surface area (Å²) in [6, 6.07) is 10.8. The molecule has 6 nitrogen and oxygen atoms in total. The maximum atomic E-state index is 12.9. The van der Waals surface area contributed by atoms with Crippen molar-refractivity contribution in [2.45, 2.75) is 0 Å². The molecule has 0 saturated carbocycles. The number of halogens is 1. The van der Waals surface area contributed by atoms with Crippen molar-refractivity contribution >= 4 is 17.8 Å². The first kappa shape index (κ1) is 14.3. The van der Waals surface area contributed by atoms with E-state index in [1.54, 1.807) is 6.07 Å². The van der Waals surface area contributed by atoms with Gasteiger partial charge in [0.2, 0.25) is 0 Å². The number of nitro benzene ring substituents is 1. The molecule has 0 unspecified atom stereocenters. The van der Waals surface area contributed by atoms with Crippen LogP contribution < -0.4 is 5.43 Å². The largest absolute Gasteiger partial charge is 0.271 e. The molecule has 0 radical (unpaired) electrons. The summed E-state index contributed by atoms with van der Waals surface area (Å²) in [5, 5.41) is 14.2. The number of amides is 1. The van der Waals surface area contributed by atoms with Gasteiger partial charge in [-0.1, -0.05) is 12.1 Å². The minimum Gasteiger partial charge on any atom is -0.267 e. The molecule has 7 heteroatoms. The third-order valence-electron chi connectivity index (χ3n) is 2.57. The van der Waals surface area contributed by atoms with Gasteiger partial charge in [0, 0.05) is 17.7 Å². The van der Waals surface area contributed by atoms with Gasteiger partial charge in [0.25, 0.3) is 11.6 Å². The topological polar surface area (TPSA) is 84.6 Å². The first-order chi connectivity index (χ1) is 10.1. The molecule has 106 valence electrons. The van der Waals surface area contributed by atoms with Crippen molar-refractivity contribution in [1.82, 2.24) is 5.43 Å². The number of hydrazone groups is 1. The summed E-state index contributed by atoms with van der Waals surface area (Å²) in [5.74, 6) is -0.918. The van der Waals surface area contributed by atoms with Crippen molar-refractivity contribution in [1.29, 1.82) is 0 Å². The maximum Gasteiger partial charge on any atom is 0.271 e. The molecule has 0 aliphatic heterocycles. The van der Waals surface area contributed by atoms with Crippen LogP contribution in [-0.4, -0.2) is 17.0 Å². The predicted molar refractivity (Wildman–Crippen MR) is 74.6 cm³/mol. The highest BCUT2D eigenvalue weighted by Gasteiger charge is 2.08. The molecule has 1 N–H and O–H groups in total. The molecular formula is C14H10FN3O3. The van der Waals surface area contributed by atoms with E-state index >= 15 is 0 Å². The lowest BCUT2D eigenvalue weighted by molar-refractivity contribution is -0.384. The highest BCUT2D eigenvalue weighted by Crippen LogP contribution is 2.11. The van der Waals surface area contributed by atoms with E-state index in [0.29, 0.717) is 5.56 Å². The van der Waals surface area contributed by atoms with Crippen LogP contribution in [0.5, 0.6) is 0 Å². The molecule has 0 spiro atoms. The third kappa shape index (κ3) is 3.93. The fourth-order valence-electron chi connectivity index (χ4n) is 1.55. The zero-order valence-electron chi connectivity index (χ0n) is 10.7. The molecule has 2 aromatic rings. The highest BCUT2D eigenvalue weighted by atomic mass is 19.1. The van der Waals surface area contributed by atoms with E-state index in [4.69, 9.17) is 0 Å². The first-order valence-electron chi connectivity index (χ1n) is 5.90. The van der Waals surface area contributed by atoms with Crippen LogP contribution >= 0.6 is 0 Å². The van der Waals surface area contributed by atoms with Crippen LogP contribution in [0.3, 0.4) is 0 Å². The number of carbonyl (C=O) groups is 1. The Bertz CT molecular complexity index is 699. The Morgan fingerprint density at radius 2 is 1.95 bits per heavy atom. The molecule has 1 amide bonds. The second-order valence-corrected chi connectivity index (χ2v) is 4.06. The summed E-state index contributed by atoms with van der Waals surface area (Å²) in [4.78, 5) is 21.7. The molecule has 0 saturated heterocycles. The monoisotopic (exact) mass is 287 g/mol. The number of non-ortho nitro benzene ring substituents is 1. The fourth-order valence-corrected chi connectivity index (χ4v) is 1.55. The molecule has 2 aromatic carbocycles. The number of hydrogen-bond acceptors (Lipinski definition) is 4. The Morgan fingerprint density at radius 3 is 2.57 bits per heavy atom. The zero-order chi connectivity index (χ0) is 15.2. The Balaban J connectivity index is 2.00. The summed E-state index contributed by atoms with van der Waals surface area (Å²) < 4.78 is 12.9. The summed E-state index contributed by atoms with van der Waals surface area (Å²) in [7, 11) is 0. The Hall–Kier alpha value is -3.09. The van der Waals surface area contributed by atoms with Crippen molar-refractivity contribution in [3.8, 4) is 0 Å². The van der Waals surface area contributed by atoms with Gasteiger partial charge in [-0.05, 0) is 29.8 Å². The summed E-state index contributed by atoms with van der Waals surface area (Å²) in [6.07, 6.45) is 1.30. The van der Waals surface area contributed by atoms with Gasteiger partial charge >= 0.3 is 0 Å². The summed E-state index contributed by atoms with van der Waals surface area (Å²) in [6.45, 7) is 0. The van der Waals surface area contributed by atoms with Crippen LogP contribution in [0.15, 0.2) is 53.6 Å².